The largest absolute Gasteiger partial charge is 0.375 e. The Morgan fingerprint density at radius 1 is 0.938 bits per heavy atom. The lowest BCUT2D eigenvalue weighted by Crippen LogP contribution is -2.54. The maximum Gasteiger partial charge on any atom is 0.0737 e. The molecule has 2 nitrogen and oxygen atoms in total. The lowest BCUT2D eigenvalue weighted by molar-refractivity contribution is -0.145. The fourth-order valence-corrected chi connectivity index (χ4v) is 4.04. The minimum absolute atomic E-state index is 0.276. The number of fused-ring (bicyclic) bond motifs is 2. The van der Waals surface area contributed by atoms with Gasteiger partial charge in [-0.3, -0.25) is 0 Å². The van der Waals surface area contributed by atoms with Crippen LogP contribution in [0.3, 0.4) is 0 Å². The molecule has 0 bridgehead atoms. The van der Waals surface area contributed by atoms with Crippen molar-refractivity contribution in [3.05, 3.63) is 0 Å². The number of hydrogen-bond acceptors (Lipinski definition) is 2. The first-order chi connectivity index (χ1) is 7.91. The quantitative estimate of drug-likeness (QED) is 0.682. The summed E-state index contributed by atoms with van der Waals surface area (Å²) in [5.41, 5.74) is 0.276. The molecule has 92 valence electrons. The van der Waals surface area contributed by atoms with Gasteiger partial charge in [0.1, 0.15) is 0 Å². The molecule has 2 atom stereocenters. The predicted molar refractivity (Wildman–Crippen MR) is 65.5 cm³/mol. The Hall–Kier alpha value is -0.0800. The molecule has 1 aliphatic carbocycles. The number of rotatable bonds is 0. The third kappa shape index (κ3) is 1.91. The van der Waals surface area contributed by atoms with Crippen molar-refractivity contribution in [2.75, 3.05) is 19.7 Å². The van der Waals surface area contributed by atoms with Crippen molar-refractivity contribution in [2.45, 2.75) is 57.0 Å². The number of hydrogen-bond donors (Lipinski definition) is 1. The molecule has 1 saturated carbocycles. The van der Waals surface area contributed by atoms with Crippen molar-refractivity contribution in [1.29, 1.82) is 0 Å². The van der Waals surface area contributed by atoms with Crippen LogP contribution in [0, 0.1) is 11.8 Å². The van der Waals surface area contributed by atoms with Crippen LogP contribution >= 0.6 is 0 Å². The molecule has 3 aliphatic rings. The van der Waals surface area contributed by atoms with Gasteiger partial charge in [0.05, 0.1) is 5.60 Å². The van der Waals surface area contributed by atoms with Gasteiger partial charge in [0.25, 0.3) is 0 Å². The van der Waals surface area contributed by atoms with E-state index < -0.39 is 0 Å². The molecular weight excluding hydrogens is 198 g/mol. The van der Waals surface area contributed by atoms with Gasteiger partial charge < -0.3 is 10.1 Å². The summed E-state index contributed by atoms with van der Waals surface area (Å²) in [5, 5.41) is 3.49. The van der Waals surface area contributed by atoms with Crippen LogP contribution in [-0.2, 0) is 4.74 Å². The van der Waals surface area contributed by atoms with Crippen molar-refractivity contribution in [1.82, 2.24) is 5.32 Å². The Morgan fingerprint density at radius 3 is 2.56 bits per heavy atom. The van der Waals surface area contributed by atoms with Crippen LogP contribution in [0.5, 0.6) is 0 Å². The highest BCUT2D eigenvalue weighted by Gasteiger charge is 2.48. The summed E-state index contributed by atoms with van der Waals surface area (Å²) in [4.78, 5) is 0. The second kappa shape index (κ2) is 4.66. The highest BCUT2D eigenvalue weighted by molar-refractivity contribution is 5.00. The van der Waals surface area contributed by atoms with E-state index in [-0.39, 0.29) is 5.60 Å². The topological polar surface area (TPSA) is 21.3 Å². The first kappa shape index (κ1) is 11.0. The summed E-state index contributed by atoms with van der Waals surface area (Å²) in [7, 11) is 0. The van der Waals surface area contributed by atoms with E-state index in [0.29, 0.717) is 0 Å². The van der Waals surface area contributed by atoms with Crippen LogP contribution in [0.4, 0.5) is 0 Å². The lowest BCUT2D eigenvalue weighted by atomic mass is 9.61. The van der Waals surface area contributed by atoms with Crippen LogP contribution in [0.15, 0.2) is 0 Å². The van der Waals surface area contributed by atoms with E-state index in [1.54, 1.807) is 0 Å². The zero-order valence-corrected chi connectivity index (χ0v) is 10.3. The predicted octanol–water partition coefficient (Wildman–Crippen LogP) is 2.73. The molecule has 2 aliphatic heterocycles. The Kier molecular flexibility index (Phi) is 3.21. The van der Waals surface area contributed by atoms with Gasteiger partial charge in [-0.25, -0.2) is 0 Å². The van der Waals surface area contributed by atoms with Crippen LogP contribution in [-0.4, -0.2) is 25.3 Å². The molecule has 0 amide bonds. The first-order valence-electron chi connectivity index (χ1n) is 7.25. The van der Waals surface area contributed by atoms with E-state index in [9.17, 15) is 0 Å². The maximum absolute atomic E-state index is 6.39. The molecule has 0 aromatic rings. The fraction of sp³-hybridized carbons (Fsp3) is 1.00. The number of piperidine rings is 1. The summed E-state index contributed by atoms with van der Waals surface area (Å²) in [6, 6.07) is 0. The number of nitrogens with one attached hydrogen (secondary N) is 1. The summed E-state index contributed by atoms with van der Waals surface area (Å²) in [5.74, 6) is 1.89. The Labute approximate surface area is 99.1 Å². The zero-order chi connectivity index (χ0) is 10.8. The molecule has 1 spiro atoms. The SMILES string of the molecule is C1CCOC2(CCNCC2)C2CCC2CC1. The molecule has 2 saturated heterocycles. The van der Waals surface area contributed by atoms with Crippen molar-refractivity contribution in [3.63, 3.8) is 0 Å². The monoisotopic (exact) mass is 223 g/mol. The van der Waals surface area contributed by atoms with Gasteiger partial charge in [0, 0.05) is 6.61 Å². The van der Waals surface area contributed by atoms with E-state index in [4.69, 9.17) is 4.74 Å². The highest BCUT2D eigenvalue weighted by Crippen LogP contribution is 2.50. The Bertz CT molecular complexity index is 235. The van der Waals surface area contributed by atoms with Gasteiger partial charge in [-0.05, 0) is 57.0 Å². The summed E-state index contributed by atoms with van der Waals surface area (Å²) in [6.07, 6.45) is 11.0. The molecule has 0 radical (unpaired) electrons. The van der Waals surface area contributed by atoms with Crippen LogP contribution in [0.2, 0.25) is 0 Å². The first-order valence-corrected chi connectivity index (χ1v) is 7.25. The van der Waals surface area contributed by atoms with E-state index in [1.807, 2.05) is 0 Å². The maximum atomic E-state index is 6.39. The zero-order valence-electron chi connectivity index (χ0n) is 10.3. The molecule has 16 heavy (non-hydrogen) atoms. The molecule has 2 heteroatoms. The molecular formula is C14H25NO. The highest BCUT2D eigenvalue weighted by atomic mass is 16.5. The minimum atomic E-state index is 0.276. The second-order valence-corrected chi connectivity index (χ2v) is 5.96. The molecule has 1 N–H and O–H groups in total. The van der Waals surface area contributed by atoms with Gasteiger partial charge in [-0.15, -0.1) is 0 Å². The van der Waals surface area contributed by atoms with Crippen LogP contribution < -0.4 is 5.32 Å². The van der Waals surface area contributed by atoms with E-state index in [2.05, 4.69) is 5.32 Å². The molecule has 0 aromatic carbocycles. The molecule has 3 fully saturated rings. The van der Waals surface area contributed by atoms with E-state index in [0.717, 1.165) is 18.4 Å². The second-order valence-electron chi connectivity index (χ2n) is 5.96. The Balaban J connectivity index is 1.75. The smallest absolute Gasteiger partial charge is 0.0737 e. The summed E-state index contributed by atoms with van der Waals surface area (Å²) < 4.78 is 6.39. The molecule has 3 rings (SSSR count). The molecule has 0 aromatic heterocycles. The van der Waals surface area contributed by atoms with Crippen molar-refractivity contribution in [3.8, 4) is 0 Å². The third-order valence-electron chi connectivity index (χ3n) is 5.15. The molecule has 2 unspecified atom stereocenters. The lowest BCUT2D eigenvalue weighted by Gasteiger charge is -2.51. The van der Waals surface area contributed by atoms with Crippen molar-refractivity contribution >= 4 is 0 Å². The van der Waals surface area contributed by atoms with E-state index in [1.165, 1.54) is 64.5 Å². The van der Waals surface area contributed by atoms with Gasteiger partial charge in [0.15, 0.2) is 0 Å². The van der Waals surface area contributed by atoms with E-state index >= 15 is 0 Å². The van der Waals surface area contributed by atoms with Gasteiger partial charge in [0.2, 0.25) is 0 Å². The minimum Gasteiger partial charge on any atom is -0.375 e. The normalized spacial score (nSPS) is 39.0. The number of ether oxygens (including phenoxy) is 1. The standard InChI is InChI=1S/C14H25NO/c1-2-4-12-5-6-13(12)14(16-11-3-1)7-9-15-10-8-14/h12-13,15H,1-11H2. The Morgan fingerprint density at radius 2 is 1.81 bits per heavy atom. The summed E-state index contributed by atoms with van der Waals surface area (Å²) >= 11 is 0. The average Bonchev–Trinajstić information content (AvgIpc) is 2.31. The van der Waals surface area contributed by atoms with Gasteiger partial charge in [-0.1, -0.05) is 19.3 Å². The fourth-order valence-electron chi connectivity index (χ4n) is 4.04. The third-order valence-corrected chi connectivity index (χ3v) is 5.15. The van der Waals surface area contributed by atoms with Crippen molar-refractivity contribution < 1.29 is 4.74 Å². The van der Waals surface area contributed by atoms with Crippen LogP contribution in [0.25, 0.3) is 0 Å². The summed E-state index contributed by atoms with van der Waals surface area (Å²) in [6.45, 7) is 3.36. The van der Waals surface area contributed by atoms with Gasteiger partial charge >= 0.3 is 0 Å². The average molecular weight is 223 g/mol. The molecule has 2 heterocycles. The van der Waals surface area contributed by atoms with Crippen LogP contribution in [0.1, 0.15) is 51.4 Å². The van der Waals surface area contributed by atoms with Gasteiger partial charge in [-0.2, -0.15) is 0 Å². The van der Waals surface area contributed by atoms with Crippen molar-refractivity contribution in [2.24, 2.45) is 11.8 Å².